The summed E-state index contributed by atoms with van der Waals surface area (Å²) < 4.78 is 7.49. The zero-order valence-corrected chi connectivity index (χ0v) is 11.7. The quantitative estimate of drug-likeness (QED) is 0.827. The molecular weight excluding hydrogens is 224 g/mol. The number of ether oxygens (including phenoxy) is 1. The van der Waals surface area contributed by atoms with Crippen molar-refractivity contribution in [1.29, 1.82) is 0 Å². The van der Waals surface area contributed by atoms with E-state index in [0.29, 0.717) is 0 Å². The van der Waals surface area contributed by atoms with E-state index in [0.717, 1.165) is 29.1 Å². The van der Waals surface area contributed by atoms with Crippen LogP contribution in [0.3, 0.4) is 0 Å². The van der Waals surface area contributed by atoms with Gasteiger partial charge < -0.3 is 4.74 Å². The Balaban J connectivity index is 2.66. The number of benzene rings is 1. The summed E-state index contributed by atoms with van der Waals surface area (Å²) in [4.78, 5) is 0. The molecule has 3 nitrogen and oxygen atoms in total. The van der Waals surface area contributed by atoms with Crippen molar-refractivity contribution in [3.8, 4) is 11.4 Å². The largest absolute Gasteiger partial charge is 0.494 e. The molecule has 1 aromatic heterocycles. The predicted octanol–water partition coefficient (Wildman–Crippen LogP) is 3.37. The standard InChI is InChI=1S/C15H20N2O/c1-6-13-11(3)16-17(12(13)4)14-9-7-8-10(2)15(14)18-5/h7-9H,6H2,1-5H3. The van der Waals surface area contributed by atoms with Gasteiger partial charge in [-0.25, -0.2) is 4.68 Å². The first-order chi connectivity index (χ1) is 8.60. The van der Waals surface area contributed by atoms with Crippen molar-refractivity contribution >= 4 is 0 Å². The number of methoxy groups -OCH3 is 1. The van der Waals surface area contributed by atoms with Gasteiger partial charge in [-0.1, -0.05) is 19.1 Å². The normalized spacial score (nSPS) is 10.7. The lowest BCUT2D eigenvalue weighted by atomic mass is 10.1. The Kier molecular flexibility index (Phi) is 3.41. The Bertz CT molecular complexity index is 570. The number of rotatable bonds is 3. The highest BCUT2D eigenvalue weighted by atomic mass is 16.5. The molecule has 1 heterocycles. The molecule has 2 rings (SSSR count). The van der Waals surface area contributed by atoms with Gasteiger partial charge in [0.25, 0.3) is 0 Å². The highest BCUT2D eigenvalue weighted by Gasteiger charge is 2.15. The lowest BCUT2D eigenvalue weighted by Crippen LogP contribution is -2.03. The fourth-order valence-electron chi connectivity index (χ4n) is 2.49. The number of para-hydroxylation sites is 1. The Morgan fingerprint density at radius 2 is 1.94 bits per heavy atom. The van der Waals surface area contributed by atoms with Crippen molar-refractivity contribution in [2.75, 3.05) is 7.11 Å². The first-order valence-corrected chi connectivity index (χ1v) is 6.29. The molecule has 0 radical (unpaired) electrons. The topological polar surface area (TPSA) is 27.1 Å². The molecule has 1 aromatic carbocycles. The smallest absolute Gasteiger partial charge is 0.147 e. The molecule has 0 aliphatic rings. The van der Waals surface area contributed by atoms with E-state index in [2.05, 4.69) is 38.9 Å². The highest BCUT2D eigenvalue weighted by Crippen LogP contribution is 2.28. The molecule has 0 unspecified atom stereocenters. The van der Waals surface area contributed by atoms with Crippen LogP contribution in [0.2, 0.25) is 0 Å². The van der Waals surface area contributed by atoms with Crippen molar-refractivity contribution < 1.29 is 4.74 Å². The third-order valence-corrected chi connectivity index (χ3v) is 3.42. The number of hydrogen-bond donors (Lipinski definition) is 0. The maximum atomic E-state index is 5.51. The van der Waals surface area contributed by atoms with Gasteiger partial charge in [-0.2, -0.15) is 5.10 Å². The molecule has 3 heteroatoms. The van der Waals surface area contributed by atoms with E-state index >= 15 is 0 Å². The van der Waals surface area contributed by atoms with Crippen molar-refractivity contribution in [3.05, 3.63) is 40.7 Å². The minimum Gasteiger partial charge on any atom is -0.494 e. The second kappa shape index (κ2) is 4.84. The Morgan fingerprint density at radius 1 is 1.22 bits per heavy atom. The molecule has 0 atom stereocenters. The molecule has 0 spiro atoms. The van der Waals surface area contributed by atoms with Crippen molar-refractivity contribution in [2.45, 2.75) is 34.1 Å². The second-order valence-electron chi connectivity index (χ2n) is 4.54. The van der Waals surface area contributed by atoms with E-state index in [1.807, 2.05) is 16.8 Å². The predicted molar refractivity (Wildman–Crippen MR) is 73.7 cm³/mol. The van der Waals surface area contributed by atoms with Crippen molar-refractivity contribution in [1.82, 2.24) is 9.78 Å². The van der Waals surface area contributed by atoms with Crippen LogP contribution < -0.4 is 4.74 Å². The summed E-state index contributed by atoms with van der Waals surface area (Å²) in [5, 5.41) is 4.64. The second-order valence-corrected chi connectivity index (χ2v) is 4.54. The van der Waals surface area contributed by atoms with Crippen LogP contribution in [-0.2, 0) is 6.42 Å². The summed E-state index contributed by atoms with van der Waals surface area (Å²) in [7, 11) is 1.71. The summed E-state index contributed by atoms with van der Waals surface area (Å²) in [6.07, 6.45) is 1.01. The molecule has 2 aromatic rings. The summed E-state index contributed by atoms with van der Waals surface area (Å²) >= 11 is 0. The zero-order valence-electron chi connectivity index (χ0n) is 11.7. The van der Waals surface area contributed by atoms with E-state index in [9.17, 15) is 0 Å². The van der Waals surface area contributed by atoms with E-state index in [1.165, 1.54) is 11.3 Å². The monoisotopic (exact) mass is 244 g/mol. The van der Waals surface area contributed by atoms with Crippen LogP contribution in [0, 0.1) is 20.8 Å². The molecule has 96 valence electrons. The van der Waals surface area contributed by atoms with Crippen molar-refractivity contribution in [2.24, 2.45) is 0 Å². The van der Waals surface area contributed by atoms with Crippen LogP contribution in [0.1, 0.15) is 29.4 Å². The lowest BCUT2D eigenvalue weighted by Gasteiger charge is -2.12. The van der Waals surface area contributed by atoms with Gasteiger partial charge in [-0.15, -0.1) is 0 Å². The number of aryl methyl sites for hydroxylation is 2. The van der Waals surface area contributed by atoms with Crippen LogP contribution in [-0.4, -0.2) is 16.9 Å². The molecule has 0 saturated carbocycles. The molecule has 0 N–H and O–H groups in total. The van der Waals surface area contributed by atoms with Gasteiger partial charge in [0.15, 0.2) is 0 Å². The molecule has 0 aliphatic heterocycles. The molecule has 18 heavy (non-hydrogen) atoms. The Morgan fingerprint density at radius 3 is 2.50 bits per heavy atom. The average molecular weight is 244 g/mol. The first kappa shape index (κ1) is 12.7. The Hall–Kier alpha value is -1.77. The van der Waals surface area contributed by atoms with Crippen molar-refractivity contribution in [3.63, 3.8) is 0 Å². The van der Waals surface area contributed by atoms with E-state index in [4.69, 9.17) is 4.74 Å². The van der Waals surface area contributed by atoms with Crippen LogP contribution in [0.25, 0.3) is 5.69 Å². The minimum atomic E-state index is 0.894. The van der Waals surface area contributed by atoms with Gasteiger partial charge >= 0.3 is 0 Å². The third kappa shape index (κ3) is 1.90. The lowest BCUT2D eigenvalue weighted by molar-refractivity contribution is 0.408. The highest BCUT2D eigenvalue weighted by molar-refractivity contribution is 5.52. The minimum absolute atomic E-state index is 0.894. The van der Waals surface area contributed by atoms with Gasteiger partial charge in [0.05, 0.1) is 12.8 Å². The first-order valence-electron chi connectivity index (χ1n) is 6.29. The molecule has 0 fully saturated rings. The van der Waals surface area contributed by atoms with Gasteiger partial charge in [-0.05, 0) is 44.4 Å². The fourth-order valence-corrected chi connectivity index (χ4v) is 2.49. The molecule has 0 saturated heterocycles. The zero-order chi connectivity index (χ0) is 13.3. The fraction of sp³-hybridized carbons (Fsp3) is 0.400. The van der Waals surface area contributed by atoms with Gasteiger partial charge in [-0.3, -0.25) is 0 Å². The van der Waals surface area contributed by atoms with Gasteiger partial charge in [0.1, 0.15) is 11.4 Å². The Labute approximate surface area is 108 Å². The summed E-state index contributed by atoms with van der Waals surface area (Å²) in [5.74, 6) is 0.894. The third-order valence-electron chi connectivity index (χ3n) is 3.42. The number of aromatic nitrogens is 2. The average Bonchev–Trinajstić information content (AvgIpc) is 2.64. The van der Waals surface area contributed by atoms with E-state index in [1.54, 1.807) is 7.11 Å². The summed E-state index contributed by atoms with van der Waals surface area (Å²) in [6.45, 7) is 8.38. The van der Waals surface area contributed by atoms with Gasteiger partial charge in [0.2, 0.25) is 0 Å². The van der Waals surface area contributed by atoms with Crippen LogP contribution in [0.15, 0.2) is 18.2 Å². The van der Waals surface area contributed by atoms with Gasteiger partial charge in [0, 0.05) is 5.69 Å². The maximum absolute atomic E-state index is 5.51. The van der Waals surface area contributed by atoms with Crippen LogP contribution >= 0.6 is 0 Å². The maximum Gasteiger partial charge on any atom is 0.147 e. The van der Waals surface area contributed by atoms with Crippen LogP contribution in [0.5, 0.6) is 5.75 Å². The molecule has 0 aliphatic carbocycles. The molecule has 0 amide bonds. The summed E-state index contributed by atoms with van der Waals surface area (Å²) in [6, 6.07) is 6.13. The summed E-state index contributed by atoms with van der Waals surface area (Å²) in [5.41, 5.74) is 5.74. The van der Waals surface area contributed by atoms with E-state index in [-0.39, 0.29) is 0 Å². The number of nitrogens with zero attached hydrogens (tertiary/aromatic N) is 2. The SMILES string of the molecule is CCc1c(C)nn(-c2cccc(C)c2OC)c1C. The van der Waals surface area contributed by atoms with E-state index < -0.39 is 0 Å². The van der Waals surface area contributed by atoms with Crippen LogP contribution in [0.4, 0.5) is 0 Å². The molecule has 0 bridgehead atoms. The molecular formula is C15H20N2O. The number of hydrogen-bond acceptors (Lipinski definition) is 2.